The van der Waals surface area contributed by atoms with E-state index in [9.17, 15) is 4.79 Å². The topological polar surface area (TPSA) is 26.3 Å². The summed E-state index contributed by atoms with van der Waals surface area (Å²) in [5.74, 6) is 0.589. The SMILES string of the molecule is CCOC(=O)C[C@@]12CCc3ccccc3[C@@H]1C2. The summed E-state index contributed by atoms with van der Waals surface area (Å²) >= 11 is 0. The summed E-state index contributed by atoms with van der Waals surface area (Å²) in [6.07, 6.45) is 4.04. The highest BCUT2D eigenvalue weighted by Crippen LogP contribution is 2.67. The van der Waals surface area contributed by atoms with Crippen LogP contribution in [-0.2, 0) is 16.0 Å². The molecule has 0 amide bonds. The Morgan fingerprint density at radius 3 is 3.12 bits per heavy atom. The van der Waals surface area contributed by atoms with Crippen LogP contribution in [0.2, 0.25) is 0 Å². The number of hydrogen-bond acceptors (Lipinski definition) is 2. The van der Waals surface area contributed by atoms with Gasteiger partial charge in [-0.15, -0.1) is 0 Å². The van der Waals surface area contributed by atoms with Gasteiger partial charge in [-0.1, -0.05) is 24.3 Å². The average Bonchev–Trinajstić information content (AvgIpc) is 3.04. The molecule has 2 nitrogen and oxygen atoms in total. The van der Waals surface area contributed by atoms with Gasteiger partial charge >= 0.3 is 5.97 Å². The smallest absolute Gasteiger partial charge is 0.306 e. The highest BCUT2D eigenvalue weighted by Gasteiger charge is 2.57. The number of ether oxygens (including phenoxy) is 1. The highest BCUT2D eigenvalue weighted by molar-refractivity contribution is 5.71. The van der Waals surface area contributed by atoms with Crippen molar-refractivity contribution < 1.29 is 9.53 Å². The van der Waals surface area contributed by atoms with E-state index in [4.69, 9.17) is 4.74 Å². The summed E-state index contributed by atoms with van der Waals surface area (Å²) in [6, 6.07) is 8.67. The van der Waals surface area contributed by atoms with E-state index in [0.29, 0.717) is 18.9 Å². The van der Waals surface area contributed by atoms with Crippen LogP contribution in [0.15, 0.2) is 24.3 Å². The predicted octanol–water partition coefficient (Wildman–Crippen LogP) is 3.06. The largest absolute Gasteiger partial charge is 0.466 e. The molecule has 3 rings (SSSR count). The Morgan fingerprint density at radius 1 is 1.47 bits per heavy atom. The Balaban J connectivity index is 1.77. The van der Waals surface area contributed by atoms with Crippen molar-refractivity contribution in [2.45, 2.75) is 38.5 Å². The third-order valence-corrected chi connectivity index (χ3v) is 4.31. The average molecular weight is 230 g/mol. The zero-order valence-corrected chi connectivity index (χ0v) is 10.2. The van der Waals surface area contributed by atoms with Crippen LogP contribution in [0.4, 0.5) is 0 Å². The molecule has 17 heavy (non-hydrogen) atoms. The first-order valence-corrected chi connectivity index (χ1v) is 6.48. The molecule has 2 heteroatoms. The quantitative estimate of drug-likeness (QED) is 0.746. The Labute approximate surface area is 102 Å². The lowest BCUT2D eigenvalue weighted by Crippen LogP contribution is -2.18. The number of benzene rings is 1. The van der Waals surface area contributed by atoms with Gasteiger partial charge in [0.15, 0.2) is 0 Å². The fourth-order valence-corrected chi connectivity index (χ4v) is 3.33. The standard InChI is InChI=1S/C15H18O2/c1-2-17-14(16)10-15-8-7-11-5-3-4-6-12(11)13(15)9-15/h3-6,13H,2,7-10H2,1H3/t13-,15-/m0/s1. The van der Waals surface area contributed by atoms with E-state index in [0.717, 1.165) is 12.8 Å². The minimum Gasteiger partial charge on any atom is -0.466 e. The van der Waals surface area contributed by atoms with Crippen LogP contribution in [0.1, 0.15) is 43.2 Å². The maximum atomic E-state index is 11.6. The van der Waals surface area contributed by atoms with Crippen molar-refractivity contribution in [3.8, 4) is 0 Å². The van der Waals surface area contributed by atoms with E-state index in [-0.39, 0.29) is 11.4 Å². The lowest BCUT2D eigenvalue weighted by molar-refractivity contribution is -0.144. The van der Waals surface area contributed by atoms with E-state index >= 15 is 0 Å². The van der Waals surface area contributed by atoms with E-state index in [1.165, 1.54) is 17.5 Å². The van der Waals surface area contributed by atoms with Gasteiger partial charge < -0.3 is 4.74 Å². The molecule has 0 saturated heterocycles. The first-order chi connectivity index (χ1) is 8.25. The van der Waals surface area contributed by atoms with Crippen molar-refractivity contribution in [1.82, 2.24) is 0 Å². The van der Waals surface area contributed by atoms with E-state index < -0.39 is 0 Å². The molecule has 1 fully saturated rings. The molecule has 2 aliphatic carbocycles. The summed E-state index contributed by atoms with van der Waals surface area (Å²) < 4.78 is 5.09. The summed E-state index contributed by atoms with van der Waals surface area (Å²) in [5.41, 5.74) is 3.19. The molecular formula is C15H18O2. The van der Waals surface area contributed by atoms with Crippen molar-refractivity contribution in [3.05, 3.63) is 35.4 Å². The Hall–Kier alpha value is -1.31. The maximum absolute atomic E-state index is 11.6. The molecule has 0 unspecified atom stereocenters. The molecule has 90 valence electrons. The minimum absolute atomic E-state index is 0.0191. The molecule has 0 heterocycles. The van der Waals surface area contributed by atoms with Crippen LogP contribution in [0.5, 0.6) is 0 Å². The zero-order valence-electron chi connectivity index (χ0n) is 10.2. The van der Waals surface area contributed by atoms with Crippen molar-refractivity contribution in [3.63, 3.8) is 0 Å². The zero-order chi connectivity index (χ0) is 11.9. The first kappa shape index (κ1) is 10.8. The van der Waals surface area contributed by atoms with Gasteiger partial charge in [0.1, 0.15) is 0 Å². The van der Waals surface area contributed by atoms with E-state index in [1.54, 1.807) is 0 Å². The summed E-state index contributed by atoms with van der Waals surface area (Å²) in [6.45, 7) is 2.37. The fraction of sp³-hybridized carbons (Fsp3) is 0.533. The van der Waals surface area contributed by atoms with Crippen LogP contribution in [-0.4, -0.2) is 12.6 Å². The van der Waals surface area contributed by atoms with Crippen molar-refractivity contribution in [2.24, 2.45) is 5.41 Å². The highest BCUT2D eigenvalue weighted by atomic mass is 16.5. The monoisotopic (exact) mass is 230 g/mol. The van der Waals surface area contributed by atoms with Crippen molar-refractivity contribution in [2.75, 3.05) is 6.61 Å². The second kappa shape index (κ2) is 3.86. The van der Waals surface area contributed by atoms with Gasteiger partial charge in [-0.25, -0.2) is 0 Å². The molecule has 2 atom stereocenters. The molecule has 1 saturated carbocycles. The van der Waals surface area contributed by atoms with Crippen LogP contribution in [0.3, 0.4) is 0 Å². The molecule has 0 aliphatic heterocycles. The van der Waals surface area contributed by atoms with Crippen LogP contribution in [0.25, 0.3) is 0 Å². The third-order valence-electron chi connectivity index (χ3n) is 4.31. The number of carbonyl (C=O) groups excluding carboxylic acids is 1. The lowest BCUT2D eigenvalue weighted by atomic mass is 9.82. The molecule has 0 aromatic heterocycles. The normalized spacial score (nSPS) is 29.1. The number of esters is 1. The number of hydrogen-bond donors (Lipinski definition) is 0. The first-order valence-electron chi connectivity index (χ1n) is 6.48. The van der Waals surface area contributed by atoms with Crippen molar-refractivity contribution in [1.29, 1.82) is 0 Å². The molecule has 0 bridgehead atoms. The van der Waals surface area contributed by atoms with Gasteiger partial charge in [0.2, 0.25) is 0 Å². The van der Waals surface area contributed by atoms with Crippen LogP contribution in [0, 0.1) is 5.41 Å². The maximum Gasteiger partial charge on any atom is 0.306 e. The second-order valence-electron chi connectivity index (χ2n) is 5.30. The number of fused-ring (bicyclic) bond motifs is 3. The minimum atomic E-state index is -0.0191. The Bertz CT molecular complexity index is 452. The van der Waals surface area contributed by atoms with Gasteiger partial charge in [-0.3, -0.25) is 4.79 Å². The lowest BCUT2D eigenvalue weighted by Gasteiger charge is -2.23. The van der Waals surface area contributed by atoms with Crippen LogP contribution < -0.4 is 0 Å². The summed E-state index contributed by atoms with van der Waals surface area (Å²) in [4.78, 5) is 11.6. The van der Waals surface area contributed by atoms with Gasteiger partial charge in [0.25, 0.3) is 0 Å². The van der Waals surface area contributed by atoms with Crippen molar-refractivity contribution >= 4 is 5.97 Å². The van der Waals surface area contributed by atoms with E-state index in [2.05, 4.69) is 24.3 Å². The summed E-state index contributed by atoms with van der Waals surface area (Å²) in [7, 11) is 0. The van der Waals surface area contributed by atoms with E-state index in [1.807, 2.05) is 6.92 Å². The Morgan fingerprint density at radius 2 is 2.29 bits per heavy atom. The predicted molar refractivity (Wildman–Crippen MR) is 65.8 cm³/mol. The second-order valence-corrected chi connectivity index (χ2v) is 5.30. The molecule has 0 spiro atoms. The van der Waals surface area contributed by atoms with Gasteiger partial charge in [-0.2, -0.15) is 0 Å². The Kier molecular flexibility index (Phi) is 2.46. The molecule has 1 aromatic carbocycles. The van der Waals surface area contributed by atoms with Crippen LogP contribution >= 0.6 is 0 Å². The third kappa shape index (κ3) is 1.76. The molecule has 0 radical (unpaired) electrons. The number of aryl methyl sites for hydroxylation is 1. The molecule has 0 N–H and O–H groups in total. The summed E-state index contributed by atoms with van der Waals surface area (Å²) in [5, 5.41) is 0. The van der Waals surface area contributed by atoms with Gasteiger partial charge in [0.05, 0.1) is 13.0 Å². The molecule has 2 aliphatic rings. The molecular weight excluding hydrogens is 212 g/mol. The van der Waals surface area contributed by atoms with Gasteiger partial charge in [-0.05, 0) is 48.6 Å². The molecule has 1 aromatic rings. The number of carbonyl (C=O) groups is 1. The van der Waals surface area contributed by atoms with Gasteiger partial charge in [0, 0.05) is 0 Å². The number of rotatable bonds is 3. The fourth-order valence-electron chi connectivity index (χ4n) is 3.33.